The predicted octanol–water partition coefficient (Wildman–Crippen LogP) is 5.82. The molecule has 0 fully saturated rings. The molecule has 8 heteroatoms. The van der Waals surface area contributed by atoms with E-state index in [9.17, 15) is 4.79 Å². The Morgan fingerprint density at radius 3 is 2.35 bits per heavy atom. The van der Waals surface area contributed by atoms with E-state index in [4.69, 9.17) is 32.7 Å². The van der Waals surface area contributed by atoms with Crippen LogP contribution in [0.2, 0.25) is 10.0 Å². The topological polar surface area (TPSA) is 59.9 Å². The zero-order valence-electron chi connectivity index (χ0n) is 16.7. The fraction of sp³-hybridized carbons (Fsp3) is 0.130. The summed E-state index contributed by atoms with van der Waals surface area (Å²) in [7, 11) is 1.57. The number of benzene rings is 3. The van der Waals surface area contributed by atoms with Crippen LogP contribution in [0.4, 0.5) is 0 Å². The lowest BCUT2D eigenvalue weighted by molar-refractivity contribution is -0.118. The van der Waals surface area contributed by atoms with Crippen LogP contribution in [-0.2, 0) is 11.4 Å². The normalized spacial score (nSPS) is 10.8. The van der Waals surface area contributed by atoms with Gasteiger partial charge >= 0.3 is 0 Å². The Morgan fingerprint density at radius 2 is 1.68 bits per heavy atom. The number of hydrazone groups is 1. The third-order valence-electron chi connectivity index (χ3n) is 4.08. The van der Waals surface area contributed by atoms with Crippen molar-refractivity contribution in [1.82, 2.24) is 5.43 Å². The number of ether oxygens (including phenoxy) is 2. The molecule has 0 unspecified atom stereocenters. The number of carbonyl (C=O) groups excluding carboxylic acids is 1. The first-order valence-corrected chi connectivity index (χ1v) is 11.0. The van der Waals surface area contributed by atoms with Crippen LogP contribution in [0.1, 0.15) is 11.1 Å². The monoisotopic (exact) mass is 474 g/mol. The Labute approximate surface area is 195 Å². The number of carbonyl (C=O) groups is 1. The minimum Gasteiger partial charge on any atom is -0.493 e. The zero-order valence-corrected chi connectivity index (χ0v) is 19.0. The van der Waals surface area contributed by atoms with Gasteiger partial charge in [0.15, 0.2) is 11.5 Å². The van der Waals surface area contributed by atoms with E-state index in [2.05, 4.69) is 10.5 Å². The second-order valence-corrected chi connectivity index (χ2v) is 8.28. The van der Waals surface area contributed by atoms with E-state index >= 15 is 0 Å². The smallest absolute Gasteiger partial charge is 0.250 e. The van der Waals surface area contributed by atoms with Gasteiger partial charge in [-0.1, -0.05) is 35.3 Å². The number of hydrogen-bond acceptors (Lipinski definition) is 5. The van der Waals surface area contributed by atoms with Crippen LogP contribution in [0.25, 0.3) is 0 Å². The standard InChI is InChI=1S/C23H20Cl2N2O3S/c1-29-22-12-17(4-11-21(22)30-14-16-2-5-18(24)6-3-16)13-26-27-23(28)15-31-20-9-7-19(25)8-10-20/h2-13H,14-15H2,1H3,(H,27,28)/b26-13+. The van der Waals surface area contributed by atoms with Crippen LogP contribution in [-0.4, -0.2) is 25.0 Å². The van der Waals surface area contributed by atoms with Crippen molar-refractivity contribution in [2.45, 2.75) is 11.5 Å². The average molecular weight is 475 g/mol. The summed E-state index contributed by atoms with van der Waals surface area (Å²) in [5.74, 6) is 1.23. The highest BCUT2D eigenvalue weighted by molar-refractivity contribution is 8.00. The van der Waals surface area contributed by atoms with E-state index in [-0.39, 0.29) is 11.7 Å². The molecule has 1 N–H and O–H groups in total. The van der Waals surface area contributed by atoms with Gasteiger partial charge in [0.05, 0.1) is 19.1 Å². The molecule has 0 atom stereocenters. The molecule has 160 valence electrons. The number of thioether (sulfide) groups is 1. The number of hydrogen-bond donors (Lipinski definition) is 1. The molecule has 3 aromatic rings. The van der Waals surface area contributed by atoms with Crippen LogP contribution < -0.4 is 14.9 Å². The largest absolute Gasteiger partial charge is 0.493 e. The second kappa shape index (κ2) is 11.6. The van der Waals surface area contributed by atoms with Gasteiger partial charge in [-0.15, -0.1) is 11.8 Å². The van der Waals surface area contributed by atoms with Gasteiger partial charge in [0.1, 0.15) is 6.61 Å². The third-order valence-corrected chi connectivity index (χ3v) is 5.60. The molecule has 3 rings (SSSR count). The van der Waals surface area contributed by atoms with Crippen LogP contribution in [0.3, 0.4) is 0 Å². The van der Waals surface area contributed by atoms with Gasteiger partial charge < -0.3 is 9.47 Å². The summed E-state index contributed by atoms with van der Waals surface area (Å²) < 4.78 is 11.2. The number of rotatable bonds is 9. The van der Waals surface area contributed by atoms with Gasteiger partial charge in [0.25, 0.3) is 0 Å². The van der Waals surface area contributed by atoms with Crippen LogP contribution in [0, 0.1) is 0 Å². The summed E-state index contributed by atoms with van der Waals surface area (Å²) in [6, 6.07) is 20.2. The van der Waals surface area contributed by atoms with Crippen LogP contribution in [0.5, 0.6) is 11.5 Å². The van der Waals surface area contributed by atoms with Crippen molar-refractivity contribution in [3.63, 3.8) is 0 Å². The van der Waals surface area contributed by atoms with Gasteiger partial charge in [-0.05, 0) is 65.7 Å². The van der Waals surface area contributed by atoms with Gasteiger partial charge in [0.2, 0.25) is 5.91 Å². The summed E-state index contributed by atoms with van der Waals surface area (Å²) in [5.41, 5.74) is 4.28. The molecule has 0 saturated heterocycles. The second-order valence-electron chi connectivity index (χ2n) is 6.36. The first-order chi connectivity index (χ1) is 15.0. The van der Waals surface area contributed by atoms with Crippen molar-refractivity contribution >= 4 is 47.1 Å². The van der Waals surface area contributed by atoms with E-state index in [1.54, 1.807) is 37.6 Å². The van der Waals surface area contributed by atoms with Crippen molar-refractivity contribution in [3.8, 4) is 11.5 Å². The van der Waals surface area contributed by atoms with E-state index in [1.165, 1.54) is 11.8 Å². The lowest BCUT2D eigenvalue weighted by atomic mass is 10.2. The highest BCUT2D eigenvalue weighted by Gasteiger charge is 2.06. The van der Waals surface area contributed by atoms with Crippen molar-refractivity contribution in [2.24, 2.45) is 5.10 Å². The summed E-state index contributed by atoms with van der Waals surface area (Å²) in [6.45, 7) is 0.391. The summed E-state index contributed by atoms with van der Waals surface area (Å²) in [6.07, 6.45) is 1.55. The summed E-state index contributed by atoms with van der Waals surface area (Å²) >= 11 is 13.2. The average Bonchev–Trinajstić information content (AvgIpc) is 2.78. The van der Waals surface area contributed by atoms with Gasteiger partial charge in [-0.25, -0.2) is 5.43 Å². The fourth-order valence-electron chi connectivity index (χ4n) is 2.52. The maximum absolute atomic E-state index is 12.0. The lowest BCUT2D eigenvalue weighted by Crippen LogP contribution is -2.19. The Morgan fingerprint density at radius 1 is 1.00 bits per heavy atom. The minimum atomic E-state index is -0.203. The van der Waals surface area contributed by atoms with Crippen molar-refractivity contribution < 1.29 is 14.3 Å². The molecule has 0 aliphatic carbocycles. The van der Waals surface area contributed by atoms with E-state index in [1.807, 2.05) is 42.5 Å². The zero-order chi connectivity index (χ0) is 22.1. The quantitative estimate of drug-likeness (QED) is 0.241. The summed E-state index contributed by atoms with van der Waals surface area (Å²) in [4.78, 5) is 12.9. The molecule has 31 heavy (non-hydrogen) atoms. The highest BCUT2D eigenvalue weighted by atomic mass is 35.5. The maximum Gasteiger partial charge on any atom is 0.250 e. The molecule has 0 aromatic heterocycles. The van der Waals surface area contributed by atoms with Crippen LogP contribution >= 0.6 is 35.0 Å². The molecular formula is C23H20Cl2N2O3S. The molecule has 0 spiro atoms. The number of nitrogens with one attached hydrogen (secondary N) is 1. The van der Waals surface area contributed by atoms with Gasteiger partial charge in [-0.3, -0.25) is 4.79 Å². The molecule has 1 amide bonds. The Hall–Kier alpha value is -2.67. The maximum atomic E-state index is 12.0. The third kappa shape index (κ3) is 7.51. The van der Waals surface area contributed by atoms with Gasteiger partial charge in [-0.2, -0.15) is 5.10 Å². The molecule has 0 heterocycles. The predicted molar refractivity (Wildman–Crippen MR) is 127 cm³/mol. The van der Waals surface area contributed by atoms with Gasteiger partial charge in [0, 0.05) is 14.9 Å². The number of halogens is 2. The van der Waals surface area contributed by atoms with E-state index in [0.717, 1.165) is 16.0 Å². The molecule has 0 aliphatic rings. The molecule has 0 saturated carbocycles. The lowest BCUT2D eigenvalue weighted by Gasteiger charge is -2.11. The summed E-state index contributed by atoms with van der Waals surface area (Å²) in [5, 5.41) is 5.35. The van der Waals surface area contributed by atoms with E-state index in [0.29, 0.717) is 28.2 Å². The molecule has 0 aliphatic heterocycles. The molecular weight excluding hydrogens is 455 g/mol. The number of amides is 1. The molecule has 0 radical (unpaired) electrons. The first kappa shape index (κ1) is 23.0. The van der Waals surface area contributed by atoms with Crippen molar-refractivity contribution in [1.29, 1.82) is 0 Å². The van der Waals surface area contributed by atoms with Crippen LogP contribution in [0.15, 0.2) is 76.7 Å². The van der Waals surface area contributed by atoms with Crippen molar-refractivity contribution in [3.05, 3.63) is 87.9 Å². The first-order valence-electron chi connectivity index (χ1n) is 9.29. The fourth-order valence-corrected chi connectivity index (χ4v) is 3.46. The minimum absolute atomic E-state index is 0.203. The SMILES string of the molecule is COc1cc(/C=N/NC(=O)CSc2ccc(Cl)cc2)ccc1OCc1ccc(Cl)cc1. The molecule has 3 aromatic carbocycles. The molecule has 5 nitrogen and oxygen atoms in total. The van der Waals surface area contributed by atoms with E-state index < -0.39 is 0 Å². The Bertz CT molecular complexity index is 1040. The Kier molecular flexibility index (Phi) is 8.64. The highest BCUT2D eigenvalue weighted by Crippen LogP contribution is 2.28. The van der Waals surface area contributed by atoms with Crippen molar-refractivity contribution in [2.75, 3.05) is 12.9 Å². The number of methoxy groups -OCH3 is 1. The molecule has 0 bridgehead atoms. The Balaban J connectivity index is 1.51. The number of nitrogens with zero attached hydrogens (tertiary/aromatic N) is 1.